The highest BCUT2D eigenvalue weighted by Crippen LogP contribution is 2.35. The van der Waals surface area contributed by atoms with Crippen LogP contribution in [0.2, 0.25) is 5.02 Å². The molecule has 0 atom stereocenters. The molecule has 2 aromatic rings. The molecule has 0 saturated heterocycles. The van der Waals surface area contributed by atoms with E-state index < -0.39 is 17.6 Å². The standard InChI is InChI=1S/C18H17ClF3NO3/c1-25-8-9-26-16-7-4-13(18(20,21)22)11-15(16)23-17(24)10-12-2-5-14(19)6-3-12/h2-7,11H,8-10H2,1H3,(H,23,24). The smallest absolute Gasteiger partial charge is 0.416 e. The van der Waals surface area contributed by atoms with Gasteiger partial charge in [0.05, 0.1) is 24.3 Å². The predicted octanol–water partition coefficient (Wildman–Crippen LogP) is 4.57. The van der Waals surface area contributed by atoms with Crippen LogP contribution >= 0.6 is 11.6 Å². The van der Waals surface area contributed by atoms with Crippen LogP contribution in [0, 0.1) is 0 Å². The van der Waals surface area contributed by atoms with Crippen LogP contribution in [0.4, 0.5) is 18.9 Å². The van der Waals surface area contributed by atoms with E-state index in [1.807, 2.05) is 0 Å². The summed E-state index contributed by atoms with van der Waals surface area (Å²) >= 11 is 5.79. The zero-order chi connectivity index (χ0) is 19.2. The molecular weight excluding hydrogens is 371 g/mol. The second kappa shape index (κ2) is 8.91. The molecule has 0 aliphatic heterocycles. The van der Waals surface area contributed by atoms with Gasteiger partial charge in [-0.1, -0.05) is 23.7 Å². The Balaban J connectivity index is 2.17. The molecule has 0 spiro atoms. The summed E-state index contributed by atoms with van der Waals surface area (Å²) in [6.45, 7) is 0.404. The van der Waals surface area contributed by atoms with Gasteiger partial charge in [0.2, 0.25) is 5.91 Å². The maximum atomic E-state index is 12.9. The molecular formula is C18H17ClF3NO3. The number of rotatable bonds is 7. The number of anilines is 1. The summed E-state index contributed by atoms with van der Waals surface area (Å²) in [6, 6.07) is 9.53. The number of methoxy groups -OCH3 is 1. The number of benzene rings is 2. The van der Waals surface area contributed by atoms with Gasteiger partial charge in [0.15, 0.2) is 0 Å². The number of hydrogen-bond acceptors (Lipinski definition) is 3. The van der Waals surface area contributed by atoms with E-state index in [9.17, 15) is 18.0 Å². The summed E-state index contributed by atoms with van der Waals surface area (Å²) in [7, 11) is 1.48. The quantitative estimate of drug-likeness (QED) is 0.708. The zero-order valence-corrected chi connectivity index (χ0v) is 14.7. The lowest BCUT2D eigenvalue weighted by Gasteiger charge is -2.15. The molecule has 0 aromatic heterocycles. The van der Waals surface area contributed by atoms with Crippen LogP contribution < -0.4 is 10.1 Å². The molecule has 0 fully saturated rings. The van der Waals surface area contributed by atoms with Crippen molar-refractivity contribution in [3.05, 3.63) is 58.6 Å². The molecule has 2 aromatic carbocycles. The van der Waals surface area contributed by atoms with Gasteiger partial charge in [-0.25, -0.2) is 0 Å². The van der Waals surface area contributed by atoms with E-state index >= 15 is 0 Å². The minimum atomic E-state index is -4.53. The van der Waals surface area contributed by atoms with Crippen molar-refractivity contribution in [2.75, 3.05) is 25.6 Å². The molecule has 0 unspecified atom stereocenters. The molecule has 0 saturated carbocycles. The lowest BCUT2D eigenvalue weighted by Crippen LogP contribution is -2.17. The van der Waals surface area contributed by atoms with Crippen LogP contribution in [0.1, 0.15) is 11.1 Å². The van der Waals surface area contributed by atoms with Crippen LogP contribution in [0.25, 0.3) is 0 Å². The van der Waals surface area contributed by atoms with Gasteiger partial charge in [-0.05, 0) is 35.9 Å². The first-order chi connectivity index (χ1) is 12.3. The molecule has 0 radical (unpaired) electrons. The van der Waals surface area contributed by atoms with Crippen LogP contribution in [0.15, 0.2) is 42.5 Å². The largest absolute Gasteiger partial charge is 0.489 e. The lowest BCUT2D eigenvalue weighted by atomic mass is 10.1. The first kappa shape index (κ1) is 20.1. The fourth-order valence-electron chi connectivity index (χ4n) is 2.15. The zero-order valence-electron chi connectivity index (χ0n) is 13.9. The number of hydrogen-bond donors (Lipinski definition) is 1. The Morgan fingerprint density at radius 3 is 2.42 bits per heavy atom. The fraction of sp³-hybridized carbons (Fsp3) is 0.278. The normalized spacial score (nSPS) is 11.3. The van der Waals surface area contributed by atoms with E-state index in [2.05, 4.69) is 5.32 Å². The fourth-order valence-corrected chi connectivity index (χ4v) is 2.27. The summed E-state index contributed by atoms with van der Waals surface area (Å²) in [5.41, 5.74) is -0.242. The summed E-state index contributed by atoms with van der Waals surface area (Å²) in [5.74, 6) is -0.331. The number of halogens is 4. The second-order valence-electron chi connectivity index (χ2n) is 5.40. The van der Waals surface area contributed by atoms with Crippen LogP contribution in [0.5, 0.6) is 5.75 Å². The Bertz CT molecular complexity index is 748. The summed E-state index contributed by atoms with van der Waals surface area (Å²) < 4.78 is 49.1. The monoisotopic (exact) mass is 387 g/mol. The third kappa shape index (κ3) is 5.93. The molecule has 0 heterocycles. The molecule has 2 rings (SSSR count). The average molecular weight is 388 g/mol. The van der Waals surface area contributed by atoms with E-state index in [1.54, 1.807) is 24.3 Å². The minimum Gasteiger partial charge on any atom is -0.489 e. The number of carbonyl (C=O) groups excluding carboxylic acids is 1. The van der Waals surface area contributed by atoms with Crippen LogP contribution in [0.3, 0.4) is 0 Å². The van der Waals surface area contributed by atoms with Gasteiger partial charge in [0.25, 0.3) is 0 Å². The SMILES string of the molecule is COCCOc1ccc(C(F)(F)F)cc1NC(=O)Cc1ccc(Cl)cc1. The second-order valence-corrected chi connectivity index (χ2v) is 5.84. The molecule has 26 heavy (non-hydrogen) atoms. The van der Waals surface area contributed by atoms with Crippen LogP contribution in [-0.2, 0) is 22.1 Å². The van der Waals surface area contributed by atoms with Gasteiger partial charge >= 0.3 is 6.18 Å². The highest BCUT2D eigenvalue weighted by molar-refractivity contribution is 6.30. The van der Waals surface area contributed by atoms with Gasteiger partial charge < -0.3 is 14.8 Å². The maximum Gasteiger partial charge on any atom is 0.416 e. The number of amides is 1. The Hall–Kier alpha value is -2.25. The van der Waals surface area contributed by atoms with Crippen molar-refractivity contribution in [3.8, 4) is 5.75 Å². The van der Waals surface area contributed by atoms with Crippen molar-refractivity contribution in [2.24, 2.45) is 0 Å². The van der Waals surface area contributed by atoms with Crippen LogP contribution in [-0.4, -0.2) is 26.2 Å². The molecule has 1 amide bonds. The maximum absolute atomic E-state index is 12.9. The van der Waals surface area contributed by atoms with Crippen molar-refractivity contribution in [1.82, 2.24) is 0 Å². The Kier molecular flexibility index (Phi) is 6.88. The van der Waals surface area contributed by atoms with E-state index in [1.165, 1.54) is 13.2 Å². The summed E-state index contributed by atoms with van der Waals surface area (Å²) in [6.07, 6.45) is -4.54. The molecule has 4 nitrogen and oxygen atoms in total. The van der Waals surface area contributed by atoms with E-state index in [0.717, 1.165) is 12.1 Å². The highest BCUT2D eigenvalue weighted by atomic mass is 35.5. The van der Waals surface area contributed by atoms with E-state index in [0.29, 0.717) is 10.6 Å². The highest BCUT2D eigenvalue weighted by Gasteiger charge is 2.31. The third-order valence-corrected chi connectivity index (χ3v) is 3.66. The van der Waals surface area contributed by atoms with Crippen molar-refractivity contribution in [3.63, 3.8) is 0 Å². The van der Waals surface area contributed by atoms with Gasteiger partial charge in [-0.15, -0.1) is 0 Å². The third-order valence-electron chi connectivity index (χ3n) is 3.40. The van der Waals surface area contributed by atoms with Crippen molar-refractivity contribution in [2.45, 2.75) is 12.6 Å². The molecule has 140 valence electrons. The Labute approximate surface area is 153 Å². The number of nitrogens with one attached hydrogen (secondary N) is 1. The Morgan fingerprint density at radius 1 is 1.12 bits per heavy atom. The van der Waals surface area contributed by atoms with Gasteiger partial charge in [-0.2, -0.15) is 13.2 Å². The Morgan fingerprint density at radius 2 is 1.81 bits per heavy atom. The first-order valence-electron chi connectivity index (χ1n) is 7.67. The van der Waals surface area contributed by atoms with E-state index in [4.69, 9.17) is 21.1 Å². The summed E-state index contributed by atoms with van der Waals surface area (Å²) in [4.78, 5) is 12.2. The van der Waals surface area contributed by atoms with Crippen molar-refractivity contribution >= 4 is 23.2 Å². The molecule has 1 N–H and O–H groups in total. The number of ether oxygens (including phenoxy) is 2. The molecule has 0 aliphatic rings. The molecule has 0 bridgehead atoms. The molecule has 0 aliphatic carbocycles. The average Bonchev–Trinajstić information content (AvgIpc) is 2.57. The van der Waals surface area contributed by atoms with Crippen molar-refractivity contribution in [1.29, 1.82) is 0 Å². The topological polar surface area (TPSA) is 47.6 Å². The van der Waals surface area contributed by atoms with Gasteiger partial charge in [0.1, 0.15) is 12.4 Å². The predicted molar refractivity (Wildman–Crippen MR) is 92.6 cm³/mol. The lowest BCUT2D eigenvalue weighted by molar-refractivity contribution is -0.137. The van der Waals surface area contributed by atoms with Gasteiger partial charge in [-0.3, -0.25) is 4.79 Å². The number of alkyl halides is 3. The first-order valence-corrected chi connectivity index (χ1v) is 8.04. The van der Waals surface area contributed by atoms with E-state index in [-0.39, 0.29) is 31.1 Å². The van der Waals surface area contributed by atoms with Gasteiger partial charge in [0, 0.05) is 12.1 Å². The molecule has 8 heteroatoms. The minimum absolute atomic E-state index is 0.00900. The van der Waals surface area contributed by atoms with Crippen molar-refractivity contribution < 1.29 is 27.4 Å². The summed E-state index contributed by atoms with van der Waals surface area (Å²) in [5, 5.41) is 3.00. The number of carbonyl (C=O) groups is 1.